The highest BCUT2D eigenvalue weighted by molar-refractivity contribution is 5.84. The van der Waals surface area contributed by atoms with E-state index >= 15 is 0 Å². The van der Waals surface area contributed by atoms with Gasteiger partial charge in [-0.3, -0.25) is 4.79 Å². The van der Waals surface area contributed by atoms with Gasteiger partial charge >= 0.3 is 17.9 Å². The number of aromatic nitrogens is 1. The Labute approximate surface area is 141 Å². The van der Waals surface area contributed by atoms with Crippen LogP contribution in [0.1, 0.15) is 5.56 Å². The molecule has 136 valence electrons. The fraction of sp³-hybridized carbons (Fsp3) is 0.267. The zero-order chi connectivity index (χ0) is 19.1. The zero-order valence-electron chi connectivity index (χ0n) is 12.9. The van der Waals surface area contributed by atoms with E-state index < -0.39 is 36.2 Å². The monoisotopic (exact) mass is 354 g/mol. The maximum Gasteiger partial charge on any atom is 0.335 e. The number of carboxylic acid groups (broad SMARTS) is 3. The molecule has 0 aliphatic rings. The molecule has 2 aromatic rings. The number of aromatic amines is 1. The first-order valence-electron chi connectivity index (χ1n) is 7.00. The Kier molecular flexibility index (Phi) is 7.06. The van der Waals surface area contributed by atoms with E-state index in [-0.39, 0.29) is 0 Å². The van der Waals surface area contributed by atoms with E-state index in [1.165, 1.54) is 0 Å². The van der Waals surface area contributed by atoms with Crippen molar-refractivity contribution in [3.8, 4) is 0 Å². The number of hydrogen-bond donors (Lipinski definition) is 7. The van der Waals surface area contributed by atoms with Crippen molar-refractivity contribution in [1.29, 1.82) is 0 Å². The van der Waals surface area contributed by atoms with Gasteiger partial charge in [-0.05, 0) is 11.6 Å². The lowest BCUT2D eigenvalue weighted by molar-refractivity contribution is -0.165. The van der Waals surface area contributed by atoms with Crippen LogP contribution in [0.4, 0.5) is 0 Å². The van der Waals surface area contributed by atoms with Crippen molar-refractivity contribution in [2.24, 2.45) is 5.73 Å². The Morgan fingerprint density at radius 3 is 1.96 bits per heavy atom. The van der Waals surface area contributed by atoms with Gasteiger partial charge in [0.25, 0.3) is 0 Å². The Morgan fingerprint density at radius 2 is 1.48 bits per heavy atom. The second kappa shape index (κ2) is 8.78. The molecule has 0 aliphatic heterocycles. The summed E-state index contributed by atoms with van der Waals surface area (Å²) in [6, 6.07) is 6.91. The quantitative estimate of drug-likeness (QED) is 0.340. The van der Waals surface area contributed by atoms with Crippen LogP contribution in [0.25, 0.3) is 10.9 Å². The van der Waals surface area contributed by atoms with Crippen molar-refractivity contribution >= 4 is 28.8 Å². The summed E-state index contributed by atoms with van der Waals surface area (Å²) < 4.78 is 0. The van der Waals surface area contributed by atoms with E-state index in [2.05, 4.69) is 4.98 Å². The number of aliphatic carboxylic acids is 3. The van der Waals surface area contributed by atoms with E-state index in [1.807, 2.05) is 30.5 Å². The molecule has 3 atom stereocenters. The molecule has 0 amide bonds. The largest absolute Gasteiger partial charge is 0.480 e. The third-order valence-electron chi connectivity index (χ3n) is 3.24. The van der Waals surface area contributed by atoms with Crippen molar-refractivity contribution in [3.05, 3.63) is 36.0 Å². The number of benzene rings is 1. The highest BCUT2D eigenvalue weighted by Gasteiger charge is 2.29. The molecule has 0 saturated carbocycles. The Morgan fingerprint density at radius 1 is 0.960 bits per heavy atom. The lowest BCUT2D eigenvalue weighted by Gasteiger charge is -2.07. The Bertz CT molecular complexity index is 739. The number of aliphatic hydroxyl groups is 2. The topological polar surface area (TPSA) is 194 Å². The SMILES string of the molecule is NC(Cc1c[nH]c2ccccc12)C(=O)O.O=C(O)C(O)C(O)C(=O)O. The molecule has 0 saturated heterocycles. The van der Waals surface area contributed by atoms with Gasteiger partial charge in [0.2, 0.25) is 0 Å². The normalized spacial score (nSPS) is 14.0. The van der Waals surface area contributed by atoms with Gasteiger partial charge in [-0.1, -0.05) is 18.2 Å². The number of nitrogens with two attached hydrogens (primary N) is 1. The van der Waals surface area contributed by atoms with Crippen LogP contribution in [0.3, 0.4) is 0 Å². The number of carboxylic acids is 3. The Balaban J connectivity index is 0.000000275. The minimum atomic E-state index is -2.27. The van der Waals surface area contributed by atoms with Crippen molar-refractivity contribution < 1.29 is 39.9 Å². The van der Waals surface area contributed by atoms with E-state index in [9.17, 15) is 14.4 Å². The third-order valence-corrected chi connectivity index (χ3v) is 3.24. The number of H-pyrrole nitrogens is 1. The van der Waals surface area contributed by atoms with E-state index in [1.54, 1.807) is 0 Å². The number of para-hydroxylation sites is 1. The number of rotatable bonds is 6. The second-order valence-corrected chi connectivity index (χ2v) is 5.07. The van der Waals surface area contributed by atoms with Crippen LogP contribution in [0.5, 0.6) is 0 Å². The smallest absolute Gasteiger partial charge is 0.335 e. The summed E-state index contributed by atoms with van der Waals surface area (Å²) in [5, 5.41) is 42.3. The van der Waals surface area contributed by atoms with Crippen LogP contribution < -0.4 is 5.73 Å². The molecule has 0 fully saturated rings. The number of hydrogen-bond acceptors (Lipinski definition) is 6. The molecule has 8 N–H and O–H groups in total. The Hall–Kier alpha value is -2.95. The van der Waals surface area contributed by atoms with Gasteiger partial charge in [-0.25, -0.2) is 9.59 Å². The standard InChI is InChI=1S/C11H12N2O2.C4H6O6/c12-9(11(14)15)5-7-6-13-10-4-2-1-3-8(7)10;5-1(3(7)8)2(6)4(9)10/h1-4,6,9,13H,5,12H2,(H,14,15);1-2,5-6H,(H,7,8)(H,9,10). The maximum atomic E-state index is 10.6. The van der Waals surface area contributed by atoms with Crippen molar-refractivity contribution in [2.75, 3.05) is 0 Å². The predicted molar refractivity (Wildman–Crippen MR) is 84.9 cm³/mol. The molecule has 2 rings (SSSR count). The van der Waals surface area contributed by atoms with Crippen molar-refractivity contribution in [1.82, 2.24) is 4.98 Å². The molecule has 0 spiro atoms. The molecule has 0 aliphatic carbocycles. The summed E-state index contributed by atoms with van der Waals surface area (Å²) in [6.07, 6.45) is -2.37. The molecule has 3 unspecified atom stereocenters. The lowest BCUT2D eigenvalue weighted by Crippen LogP contribution is -2.39. The number of aliphatic hydroxyl groups excluding tert-OH is 2. The van der Waals surface area contributed by atoms with Gasteiger partial charge in [-0.2, -0.15) is 0 Å². The van der Waals surface area contributed by atoms with Crippen LogP contribution >= 0.6 is 0 Å². The van der Waals surface area contributed by atoms with Crippen LogP contribution in [0.15, 0.2) is 30.5 Å². The summed E-state index contributed by atoms with van der Waals surface area (Å²) in [4.78, 5) is 33.3. The summed E-state index contributed by atoms with van der Waals surface area (Å²) in [5.74, 6) is -4.51. The molecular formula is C15H18N2O8. The molecular weight excluding hydrogens is 336 g/mol. The first-order valence-corrected chi connectivity index (χ1v) is 7.00. The molecule has 1 aromatic heterocycles. The summed E-state index contributed by atoms with van der Waals surface area (Å²) >= 11 is 0. The minimum absolute atomic E-state index is 0.347. The number of fused-ring (bicyclic) bond motifs is 1. The first kappa shape index (κ1) is 20.1. The molecule has 10 heteroatoms. The van der Waals surface area contributed by atoms with E-state index in [4.69, 9.17) is 31.3 Å². The van der Waals surface area contributed by atoms with Crippen LogP contribution in [0.2, 0.25) is 0 Å². The van der Waals surface area contributed by atoms with Gasteiger partial charge in [0.1, 0.15) is 6.04 Å². The fourth-order valence-corrected chi connectivity index (χ4v) is 1.89. The number of carbonyl (C=O) groups is 3. The highest BCUT2D eigenvalue weighted by atomic mass is 16.4. The van der Waals surface area contributed by atoms with Crippen LogP contribution in [0, 0.1) is 0 Å². The molecule has 1 heterocycles. The molecule has 1 aromatic carbocycles. The van der Waals surface area contributed by atoms with Crippen LogP contribution in [-0.4, -0.2) is 66.7 Å². The lowest BCUT2D eigenvalue weighted by atomic mass is 10.1. The van der Waals surface area contributed by atoms with Crippen LogP contribution in [-0.2, 0) is 20.8 Å². The average Bonchev–Trinajstić information content (AvgIpc) is 2.97. The van der Waals surface area contributed by atoms with Crippen molar-refractivity contribution in [2.45, 2.75) is 24.7 Å². The van der Waals surface area contributed by atoms with E-state index in [0.717, 1.165) is 16.5 Å². The predicted octanol–water partition coefficient (Wildman–Crippen LogP) is -1.00. The molecule has 0 bridgehead atoms. The highest BCUT2D eigenvalue weighted by Crippen LogP contribution is 2.18. The fourth-order valence-electron chi connectivity index (χ4n) is 1.89. The molecule has 0 radical (unpaired) electrons. The maximum absolute atomic E-state index is 10.6. The molecule has 25 heavy (non-hydrogen) atoms. The average molecular weight is 354 g/mol. The van der Waals surface area contributed by atoms with Gasteiger partial charge < -0.3 is 36.3 Å². The minimum Gasteiger partial charge on any atom is -0.480 e. The van der Waals surface area contributed by atoms with Gasteiger partial charge in [0.05, 0.1) is 0 Å². The van der Waals surface area contributed by atoms with Gasteiger partial charge in [0, 0.05) is 23.5 Å². The zero-order valence-corrected chi connectivity index (χ0v) is 12.9. The third kappa shape index (κ3) is 5.57. The first-order chi connectivity index (χ1) is 11.6. The summed E-state index contributed by atoms with van der Waals surface area (Å²) in [5.41, 5.74) is 7.43. The second-order valence-electron chi connectivity index (χ2n) is 5.07. The van der Waals surface area contributed by atoms with Gasteiger partial charge in [-0.15, -0.1) is 0 Å². The van der Waals surface area contributed by atoms with Crippen molar-refractivity contribution in [3.63, 3.8) is 0 Å². The summed E-state index contributed by atoms with van der Waals surface area (Å²) in [6.45, 7) is 0. The van der Waals surface area contributed by atoms with Gasteiger partial charge in [0.15, 0.2) is 12.2 Å². The number of nitrogens with one attached hydrogen (secondary N) is 1. The van der Waals surface area contributed by atoms with E-state index in [0.29, 0.717) is 6.42 Å². The molecule has 10 nitrogen and oxygen atoms in total. The summed E-state index contributed by atoms with van der Waals surface area (Å²) in [7, 11) is 0.